The molecule has 0 fully saturated rings. The maximum atomic E-state index is 12.6. The highest BCUT2D eigenvalue weighted by molar-refractivity contribution is 5.98. The molecule has 3 rings (SSSR count). The van der Waals surface area contributed by atoms with Gasteiger partial charge in [-0.2, -0.15) is 5.10 Å². The molecule has 1 N–H and O–H groups in total. The van der Waals surface area contributed by atoms with Gasteiger partial charge in [-0.15, -0.1) is 0 Å². The van der Waals surface area contributed by atoms with Crippen LogP contribution in [0.4, 0.5) is 5.69 Å². The SMILES string of the molecule is Cc1ccccc1/C=C\c1ccc(NC(=O)C2C(C)C=NN2C)c(C)c1. The van der Waals surface area contributed by atoms with Gasteiger partial charge in [0.05, 0.1) is 0 Å². The maximum absolute atomic E-state index is 12.6. The molecule has 0 aliphatic carbocycles. The topological polar surface area (TPSA) is 44.7 Å². The number of nitrogens with zero attached hydrogens (tertiary/aromatic N) is 2. The first kappa shape index (κ1) is 17.9. The van der Waals surface area contributed by atoms with Crippen molar-refractivity contribution in [1.82, 2.24) is 5.01 Å². The van der Waals surface area contributed by atoms with Crippen molar-refractivity contribution in [2.24, 2.45) is 11.0 Å². The summed E-state index contributed by atoms with van der Waals surface area (Å²) in [5.74, 6) is 0.0837. The van der Waals surface area contributed by atoms with Crippen LogP contribution in [-0.2, 0) is 4.79 Å². The van der Waals surface area contributed by atoms with E-state index in [0.717, 1.165) is 16.8 Å². The summed E-state index contributed by atoms with van der Waals surface area (Å²) >= 11 is 0. The Balaban J connectivity index is 1.72. The monoisotopic (exact) mass is 347 g/mol. The molecule has 0 aromatic heterocycles. The van der Waals surface area contributed by atoms with Gasteiger partial charge in [-0.3, -0.25) is 9.80 Å². The first-order valence-electron chi connectivity index (χ1n) is 8.88. The van der Waals surface area contributed by atoms with Crippen LogP contribution < -0.4 is 5.32 Å². The highest BCUT2D eigenvalue weighted by Crippen LogP contribution is 2.22. The van der Waals surface area contributed by atoms with Gasteiger partial charge < -0.3 is 5.32 Å². The molecule has 4 nitrogen and oxygen atoms in total. The number of carbonyl (C=O) groups excluding carboxylic acids is 1. The fraction of sp³-hybridized carbons (Fsp3) is 0.273. The normalized spacial score (nSPS) is 19.3. The lowest BCUT2D eigenvalue weighted by Gasteiger charge is -2.22. The molecular formula is C22H25N3O. The molecule has 2 aromatic carbocycles. The molecule has 2 unspecified atom stereocenters. The first-order chi connectivity index (χ1) is 12.5. The largest absolute Gasteiger partial charge is 0.324 e. The molecule has 0 saturated heterocycles. The number of anilines is 1. The van der Waals surface area contributed by atoms with Gasteiger partial charge in [-0.05, 0) is 48.2 Å². The lowest BCUT2D eigenvalue weighted by Crippen LogP contribution is -2.40. The summed E-state index contributed by atoms with van der Waals surface area (Å²) in [6.07, 6.45) is 6.03. The Kier molecular flexibility index (Phi) is 5.21. The molecule has 0 saturated carbocycles. The van der Waals surface area contributed by atoms with Crippen molar-refractivity contribution in [3.63, 3.8) is 0 Å². The van der Waals surface area contributed by atoms with Crippen LogP contribution in [0.3, 0.4) is 0 Å². The van der Waals surface area contributed by atoms with E-state index in [1.54, 1.807) is 5.01 Å². The third-order valence-corrected chi connectivity index (χ3v) is 4.81. The zero-order valence-corrected chi connectivity index (χ0v) is 15.7. The Morgan fingerprint density at radius 3 is 2.54 bits per heavy atom. The molecule has 134 valence electrons. The van der Waals surface area contributed by atoms with Crippen LogP contribution >= 0.6 is 0 Å². The van der Waals surface area contributed by atoms with Crippen molar-refractivity contribution in [2.75, 3.05) is 12.4 Å². The number of rotatable bonds is 4. The molecular weight excluding hydrogens is 322 g/mol. The maximum Gasteiger partial charge on any atom is 0.249 e. The molecule has 2 aromatic rings. The molecule has 26 heavy (non-hydrogen) atoms. The smallest absolute Gasteiger partial charge is 0.249 e. The molecule has 1 aliphatic heterocycles. The second kappa shape index (κ2) is 7.56. The van der Waals surface area contributed by atoms with E-state index in [4.69, 9.17) is 0 Å². The van der Waals surface area contributed by atoms with Crippen LogP contribution in [0.1, 0.15) is 29.2 Å². The fourth-order valence-corrected chi connectivity index (χ4v) is 3.21. The summed E-state index contributed by atoms with van der Waals surface area (Å²) < 4.78 is 0. The number of hydrazone groups is 1. The van der Waals surface area contributed by atoms with Crippen LogP contribution in [0.2, 0.25) is 0 Å². The van der Waals surface area contributed by atoms with Gasteiger partial charge >= 0.3 is 0 Å². The summed E-state index contributed by atoms with van der Waals surface area (Å²) in [4.78, 5) is 12.6. The predicted molar refractivity (Wildman–Crippen MR) is 109 cm³/mol. The van der Waals surface area contributed by atoms with Crippen molar-refractivity contribution in [3.05, 3.63) is 64.7 Å². The number of carbonyl (C=O) groups is 1. The predicted octanol–water partition coefficient (Wildman–Crippen LogP) is 4.35. The minimum Gasteiger partial charge on any atom is -0.324 e. The summed E-state index contributed by atoms with van der Waals surface area (Å²) in [6.45, 7) is 6.12. The number of hydrogen-bond donors (Lipinski definition) is 1. The van der Waals surface area contributed by atoms with E-state index in [2.05, 4.69) is 47.7 Å². The van der Waals surface area contributed by atoms with Crippen LogP contribution in [0.25, 0.3) is 12.2 Å². The van der Waals surface area contributed by atoms with Crippen LogP contribution in [0.15, 0.2) is 47.6 Å². The van der Waals surface area contributed by atoms with Gasteiger partial charge in [0.1, 0.15) is 6.04 Å². The standard InChI is InChI=1S/C22H25N3O/c1-15-7-5-6-8-19(15)11-9-18-10-12-20(16(2)13-18)24-22(26)21-17(3)14-23-25(21)4/h5-14,17,21H,1-4H3,(H,24,26)/b11-9-. The molecule has 2 atom stereocenters. The van der Waals surface area contributed by atoms with E-state index in [1.807, 2.05) is 51.4 Å². The van der Waals surface area contributed by atoms with Gasteiger partial charge in [0, 0.05) is 24.9 Å². The van der Waals surface area contributed by atoms with Gasteiger partial charge in [0.2, 0.25) is 5.91 Å². The van der Waals surface area contributed by atoms with Gasteiger partial charge in [0.15, 0.2) is 0 Å². The Hall–Kier alpha value is -2.88. The van der Waals surface area contributed by atoms with Gasteiger partial charge in [-0.1, -0.05) is 49.4 Å². The van der Waals surface area contributed by atoms with Crippen molar-refractivity contribution in [1.29, 1.82) is 0 Å². The van der Waals surface area contributed by atoms with Crippen LogP contribution in [-0.4, -0.2) is 30.2 Å². The average molecular weight is 347 g/mol. The van der Waals surface area contributed by atoms with E-state index >= 15 is 0 Å². The fourth-order valence-electron chi connectivity index (χ4n) is 3.21. The number of benzene rings is 2. The number of amides is 1. The Morgan fingerprint density at radius 1 is 1.12 bits per heavy atom. The van der Waals surface area contributed by atoms with Crippen molar-refractivity contribution in [3.8, 4) is 0 Å². The minimum absolute atomic E-state index is 0.0243. The first-order valence-corrected chi connectivity index (χ1v) is 8.88. The molecule has 4 heteroatoms. The zero-order chi connectivity index (χ0) is 18.7. The molecule has 0 spiro atoms. The van der Waals surface area contributed by atoms with Crippen LogP contribution in [0, 0.1) is 19.8 Å². The van der Waals surface area contributed by atoms with Crippen molar-refractivity contribution >= 4 is 30.0 Å². The van der Waals surface area contributed by atoms with Crippen LogP contribution in [0.5, 0.6) is 0 Å². The lowest BCUT2D eigenvalue weighted by molar-refractivity contribution is -0.121. The Bertz CT molecular complexity index is 857. The van der Waals surface area contributed by atoms with Crippen molar-refractivity contribution in [2.45, 2.75) is 26.8 Å². The highest BCUT2D eigenvalue weighted by atomic mass is 16.2. The zero-order valence-electron chi connectivity index (χ0n) is 15.7. The third kappa shape index (κ3) is 3.85. The van der Waals surface area contributed by atoms with Crippen molar-refractivity contribution < 1.29 is 4.79 Å². The third-order valence-electron chi connectivity index (χ3n) is 4.81. The Morgan fingerprint density at radius 2 is 1.88 bits per heavy atom. The summed E-state index contributed by atoms with van der Waals surface area (Å²) in [5, 5.41) is 8.95. The molecule has 1 amide bonds. The average Bonchev–Trinajstić information content (AvgIpc) is 2.95. The van der Waals surface area contributed by atoms with E-state index in [-0.39, 0.29) is 17.9 Å². The minimum atomic E-state index is -0.255. The number of hydrogen-bond acceptors (Lipinski definition) is 3. The number of nitrogens with one attached hydrogen (secondary N) is 1. The second-order valence-corrected chi connectivity index (χ2v) is 6.90. The molecule has 0 radical (unpaired) electrons. The molecule has 1 aliphatic rings. The van der Waals surface area contributed by atoms with E-state index in [1.165, 1.54) is 11.1 Å². The number of aryl methyl sites for hydroxylation is 2. The molecule has 0 bridgehead atoms. The summed E-state index contributed by atoms with van der Waals surface area (Å²) in [7, 11) is 1.83. The highest BCUT2D eigenvalue weighted by Gasteiger charge is 2.31. The van der Waals surface area contributed by atoms with E-state index < -0.39 is 0 Å². The van der Waals surface area contributed by atoms with Gasteiger partial charge in [-0.25, -0.2) is 0 Å². The second-order valence-electron chi connectivity index (χ2n) is 6.90. The number of likely N-dealkylation sites (N-methyl/N-ethyl adjacent to an activating group) is 1. The summed E-state index contributed by atoms with van der Waals surface area (Å²) in [5.41, 5.74) is 5.45. The van der Waals surface area contributed by atoms with E-state index in [9.17, 15) is 4.79 Å². The van der Waals surface area contributed by atoms with E-state index in [0.29, 0.717) is 0 Å². The quantitative estimate of drug-likeness (QED) is 0.836. The van der Waals surface area contributed by atoms with Gasteiger partial charge in [0.25, 0.3) is 0 Å². The molecule has 1 heterocycles. The lowest BCUT2D eigenvalue weighted by atomic mass is 10.0. The summed E-state index contributed by atoms with van der Waals surface area (Å²) in [6, 6.07) is 14.1. The Labute approximate surface area is 155 Å².